The maximum absolute atomic E-state index is 12.7. The first-order valence-corrected chi connectivity index (χ1v) is 9.57. The molecule has 1 N–H and O–H groups in total. The minimum Gasteiger partial charge on any atom is -0.347 e. The van der Waals surface area contributed by atoms with Crippen LogP contribution in [0.25, 0.3) is 0 Å². The largest absolute Gasteiger partial charge is 0.347 e. The molecular formula is C17H26N2O3S. The second-order valence-corrected chi connectivity index (χ2v) is 8.98. The summed E-state index contributed by atoms with van der Waals surface area (Å²) in [7, 11) is -3.46. The number of benzene rings is 1. The molecule has 0 saturated carbocycles. The van der Waals surface area contributed by atoms with Gasteiger partial charge in [-0.1, -0.05) is 12.8 Å². The van der Waals surface area contributed by atoms with Crippen molar-refractivity contribution < 1.29 is 13.2 Å². The van der Waals surface area contributed by atoms with Crippen molar-refractivity contribution >= 4 is 15.9 Å². The van der Waals surface area contributed by atoms with Crippen LogP contribution < -0.4 is 5.32 Å². The zero-order valence-corrected chi connectivity index (χ0v) is 14.9. The van der Waals surface area contributed by atoms with Gasteiger partial charge in [-0.15, -0.1) is 0 Å². The Hall–Kier alpha value is -1.40. The highest BCUT2D eigenvalue weighted by atomic mass is 32.2. The van der Waals surface area contributed by atoms with E-state index in [1.54, 1.807) is 16.4 Å². The van der Waals surface area contributed by atoms with Gasteiger partial charge >= 0.3 is 0 Å². The monoisotopic (exact) mass is 338 g/mol. The fourth-order valence-electron chi connectivity index (χ4n) is 2.62. The molecule has 1 amide bonds. The SMILES string of the molecule is CC(C)(C)NC(=O)c1ccc(S(=O)(=O)N2CCCCCC2)cc1. The Kier molecular flexibility index (Phi) is 5.47. The molecule has 0 spiro atoms. The van der Waals surface area contributed by atoms with Crippen molar-refractivity contribution in [3.63, 3.8) is 0 Å². The lowest BCUT2D eigenvalue weighted by Gasteiger charge is -2.21. The van der Waals surface area contributed by atoms with Gasteiger partial charge in [-0.2, -0.15) is 4.31 Å². The number of sulfonamides is 1. The van der Waals surface area contributed by atoms with E-state index in [0.29, 0.717) is 18.7 Å². The van der Waals surface area contributed by atoms with Crippen molar-refractivity contribution in [2.45, 2.75) is 56.9 Å². The van der Waals surface area contributed by atoms with Crippen LogP contribution in [0.5, 0.6) is 0 Å². The van der Waals surface area contributed by atoms with Gasteiger partial charge in [0.2, 0.25) is 10.0 Å². The van der Waals surface area contributed by atoms with Crippen LogP contribution in [0.1, 0.15) is 56.8 Å². The number of nitrogens with one attached hydrogen (secondary N) is 1. The molecule has 0 atom stereocenters. The minimum atomic E-state index is -3.46. The molecule has 1 aliphatic rings. The van der Waals surface area contributed by atoms with Gasteiger partial charge in [0.1, 0.15) is 0 Å². The van der Waals surface area contributed by atoms with Crippen molar-refractivity contribution in [1.29, 1.82) is 0 Å². The van der Waals surface area contributed by atoms with Gasteiger partial charge < -0.3 is 5.32 Å². The number of amides is 1. The van der Waals surface area contributed by atoms with Crippen LogP contribution in [0, 0.1) is 0 Å². The molecule has 0 unspecified atom stereocenters. The predicted octanol–water partition coefficient (Wildman–Crippen LogP) is 2.78. The average Bonchev–Trinajstić information content (AvgIpc) is 2.75. The second kappa shape index (κ2) is 7.01. The van der Waals surface area contributed by atoms with Crippen LogP contribution in [0.4, 0.5) is 0 Å². The van der Waals surface area contributed by atoms with Crippen molar-refractivity contribution in [2.24, 2.45) is 0 Å². The summed E-state index contributed by atoms with van der Waals surface area (Å²) in [5.74, 6) is -0.198. The number of hydrogen-bond donors (Lipinski definition) is 1. The lowest BCUT2D eigenvalue weighted by atomic mass is 10.1. The molecule has 5 nitrogen and oxygen atoms in total. The summed E-state index contributed by atoms with van der Waals surface area (Å²) < 4.78 is 26.9. The van der Waals surface area contributed by atoms with E-state index in [4.69, 9.17) is 0 Å². The molecule has 0 radical (unpaired) electrons. The van der Waals surface area contributed by atoms with Gasteiger partial charge in [-0.25, -0.2) is 8.42 Å². The van der Waals surface area contributed by atoms with Crippen molar-refractivity contribution in [1.82, 2.24) is 9.62 Å². The Balaban J connectivity index is 2.16. The lowest BCUT2D eigenvalue weighted by molar-refractivity contribution is 0.0919. The van der Waals surface area contributed by atoms with E-state index in [1.807, 2.05) is 20.8 Å². The topological polar surface area (TPSA) is 66.5 Å². The van der Waals surface area contributed by atoms with Crippen LogP contribution >= 0.6 is 0 Å². The number of carbonyl (C=O) groups is 1. The lowest BCUT2D eigenvalue weighted by Crippen LogP contribution is -2.40. The standard InChI is InChI=1S/C17H26N2O3S/c1-17(2,3)18-16(20)14-8-10-15(11-9-14)23(21,22)19-12-6-4-5-7-13-19/h8-11H,4-7,12-13H2,1-3H3,(H,18,20). The van der Waals surface area contributed by atoms with Gasteiger partial charge in [0.15, 0.2) is 0 Å². The summed E-state index contributed by atoms with van der Waals surface area (Å²) in [5, 5.41) is 2.87. The molecule has 1 aliphatic heterocycles. The van der Waals surface area contributed by atoms with E-state index in [1.165, 1.54) is 12.1 Å². The highest BCUT2D eigenvalue weighted by Gasteiger charge is 2.25. The smallest absolute Gasteiger partial charge is 0.251 e. The fourth-order valence-corrected chi connectivity index (χ4v) is 4.14. The third-order valence-corrected chi connectivity index (χ3v) is 5.72. The molecule has 1 aromatic rings. The molecule has 0 aliphatic carbocycles. The van der Waals surface area contributed by atoms with E-state index in [0.717, 1.165) is 25.7 Å². The maximum atomic E-state index is 12.7. The third-order valence-electron chi connectivity index (χ3n) is 3.81. The van der Waals surface area contributed by atoms with Crippen LogP contribution in [-0.4, -0.2) is 37.3 Å². The first-order valence-electron chi connectivity index (χ1n) is 8.13. The highest BCUT2D eigenvalue weighted by Crippen LogP contribution is 2.20. The van der Waals surface area contributed by atoms with Crippen LogP contribution in [-0.2, 0) is 10.0 Å². The molecule has 1 aromatic carbocycles. The Morgan fingerprint density at radius 2 is 1.52 bits per heavy atom. The summed E-state index contributed by atoms with van der Waals surface area (Å²) in [5.41, 5.74) is 0.142. The molecule has 0 bridgehead atoms. The fraction of sp³-hybridized carbons (Fsp3) is 0.588. The molecular weight excluding hydrogens is 312 g/mol. The summed E-state index contributed by atoms with van der Waals surface area (Å²) in [4.78, 5) is 12.4. The van der Waals surface area contributed by atoms with E-state index in [-0.39, 0.29) is 16.3 Å². The Bertz CT molecular complexity index is 637. The second-order valence-electron chi connectivity index (χ2n) is 7.05. The van der Waals surface area contributed by atoms with E-state index in [2.05, 4.69) is 5.32 Å². The van der Waals surface area contributed by atoms with Crippen molar-refractivity contribution in [3.05, 3.63) is 29.8 Å². The zero-order chi connectivity index (χ0) is 17.1. The quantitative estimate of drug-likeness (QED) is 0.921. The zero-order valence-electron chi connectivity index (χ0n) is 14.1. The first kappa shape index (κ1) is 17.9. The van der Waals surface area contributed by atoms with Crippen LogP contribution in [0.2, 0.25) is 0 Å². The molecule has 128 valence electrons. The highest BCUT2D eigenvalue weighted by molar-refractivity contribution is 7.89. The molecule has 1 heterocycles. The van der Waals surface area contributed by atoms with Gasteiger partial charge in [0, 0.05) is 24.2 Å². The Labute approximate surface area is 139 Å². The third kappa shape index (κ3) is 4.78. The summed E-state index contributed by atoms with van der Waals surface area (Å²) in [6, 6.07) is 6.20. The first-order chi connectivity index (χ1) is 10.7. The molecule has 1 fully saturated rings. The minimum absolute atomic E-state index is 0.198. The van der Waals surface area contributed by atoms with Crippen LogP contribution in [0.15, 0.2) is 29.2 Å². The Morgan fingerprint density at radius 3 is 2.00 bits per heavy atom. The number of hydrogen-bond acceptors (Lipinski definition) is 3. The normalized spacial score (nSPS) is 17.5. The molecule has 1 saturated heterocycles. The van der Waals surface area contributed by atoms with Crippen LogP contribution in [0.3, 0.4) is 0 Å². The summed E-state index contributed by atoms with van der Waals surface area (Å²) in [6.07, 6.45) is 3.98. The molecule has 2 rings (SSSR count). The maximum Gasteiger partial charge on any atom is 0.251 e. The van der Waals surface area contributed by atoms with Gasteiger partial charge in [0.25, 0.3) is 5.91 Å². The average molecular weight is 338 g/mol. The Morgan fingerprint density at radius 1 is 1.00 bits per heavy atom. The predicted molar refractivity (Wildman–Crippen MR) is 90.9 cm³/mol. The van der Waals surface area contributed by atoms with Gasteiger partial charge in [-0.05, 0) is 57.9 Å². The number of rotatable bonds is 3. The summed E-state index contributed by atoms with van der Waals surface area (Å²) in [6.45, 7) is 6.87. The van der Waals surface area contributed by atoms with Crippen molar-refractivity contribution in [2.75, 3.05) is 13.1 Å². The van der Waals surface area contributed by atoms with E-state index in [9.17, 15) is 13.2 Å². The van der Waals surface area contributed by atoms with Crippen molar-refractivity contribution in [3.8, 4) is 0 Å². The van der Waals surface area contributed by atoms with Gasteiger partial charge in [-0.3, -0.25) is 4.79 Å². The molecule has 23 heavy (non-hydrogen) atoms. The molecule has 0 aromatic heterocycles. The number of carbonyl (C=O) groups excluding carboxylic acids is 1. The van der Waals surface area contributed by atoms with E-state index < -0.39 is 10.0 Å². The number of nitrogens with zero attached hydrogens (tertiary/aromatic N) is 1. The molecule has 6 heteroatoms. The van der Waals surface area contributed by atoms with Gasteiger partial charge in [0.05, 0.1) is 4.90 Å². The van der Waals surface area contributed by atoms with E-state index >= 15 is 0 Å². The summed E-state index contributed by atoms with van der Waals surface area (Å²) >= 11 is 0.